The molecule has 0 unspecified atom stereocenters. The van der Waals surface area contributed by atoms with Gasteiger partial charge in [-0.05, 0) is 49.8 Å². The highest BCUT2D eigenvalue weighted by Gasteiger charge is 2.31. The molecule has 0 spiro atoms. The Hall–Kier alpha value is -3.53. The molecule has 0 saturated heterocycles. The van der Waals surface area contributed by atoms with Crippen LogP contribution in [0.1, 0.15) is 27.2 Å². The van der Waals surface area contributed by atoms with Crippen LogP contribution in [-0.2, 0) is 6.18 Å². The molecule has 0 aliphatic rings. The van der Waals surface area contributed by atoms with Crippen LogP contribution in [0.3, 0.4) is 0 Å². The van der Waals surface area contributed by atoms with Gasteiger partial charge in [-0.25, -0.2) is 9.97 Å². The monoisotopic (exact) mass is 443 g/mol. The van der Waals surface area contributed by atoms with E-state index >= 15 is 0 Å². The van der Waals surface area contributed by atoms with E-state index in [1.807, 2.05) is 19.1 Å². The summed E-state index contributed by atoms with van der Waals surface area (Å²) < 4.78 is 41.5. The van der Waals surface area contributed by atoms with Gasteiger partial charge in [0.1, 0.15) is 5.52 Å². The number of H-pyrrole nitrogens is 1. The summed E-state index contributed by atoms with van der Waals surface area (Å²) in [5, 5.41) is 0. The van der Waals surface area contributed by atoms with E-state index in [0.717, 1.165) is 17.7 Å². The highest BCUT2D eigenvalue weighted by molar-refractivity contribution is 7.71. The van der Waals surface area contributed by atoms with Gasteiger partial charge >= 0.3 is 6.18 Å². The van der Waals surface area contributed by atoms with Gasteiger partial charge in [-0.2, -0.15) is 13.2 Å². The molecule has 0 saturated carbocycles. The van der Waals surface area contributed by atoms with E-state index in [0.29, 0.717) is 11.1 Å². The Morgan fingerprint density at radius 1 is 1.06 bits per heavy atom. The zero-order chi connectivity index (χ0) is 22.5. The van der Waals surface area contributed by atoms with Crippen LogP contribution in [0, 0.1) is 18.6 Å². The molecule has 0 radical (unpaired) electrons. The molecule has 31 heavy (non-hydrogen) atoms. The smallest absolute Gasteiger partial charge is 0.364 e. The number of nitrogens with two attached hydrogens (primary N) is 1. The first-order valence-corrected chi connectivity index (χ1v) is 9.54. The summed E-state index contributed by atoms with van der Waals surface area (Å²) >= 11 is 5.34. The van der Waals surface area contributed by atoms with E-state index < -0.39 is 17.6 Å². The lowest BCUT2D eigenvalue weighted by molar-refractivity contribution is -0.137. The molecule has 2 heterocycles. The Morgan fingerprint density at radius 2 is 1.74 bits per heavy atom. The number of hydrogen-bond acceptors (Lipinski definition) is 4. The number of aromatic amines is 1. The number of aryl methyl sites for hydroxylation is 2. The summed E-state index contributed by atoms with van der Waals surface area (Å²) in [6.07, 6.45) is -4.53. The maximum absolute atomic E-state index is 13.4. The predicted molar refractivity (Wildman–Crippen MR) is 112 cm³/mol. The van der Waals surface area contributed by atoms with Crippen molar-refractivity contribution in [2.45, 2.75) is 20.0 Å². The SMILES string of the molecule is Cc1ccc(-c2nc(C(N)=O)c3[nH]c(=S)n(-c4cc(C)cc(C(F)(F)F)c4)c3n2)cc1. The lowest BCUT2D eigenvalue weighted by Crippen LogP contribution is -2.15. The largest absolute Gasteiger partial charge is 0.416 e. The molecule has 0 atom stereocenters. The van der Waals surface area contributed by atoms with Crippen LogP contribution in [0.15, 0.2) is 42.5 Å². The number of rotatable bonds is 3. The number of fused-ring (bicyclic) bond motifs is 1. The van der Waals surface area contributed by atoms with Crippen LogP contribution in [-0.4, -0.2) is 25.4 Å². The number of amides is 1. The molecule has 0 aliphatic heterocycles. The van der Waals surface area contributed by atoms with Crippen molar-refractivity contribution >= 4 is 29.3 Å². The molecule has 1 amide bonds. The van der Waals surface area contributed by atoms with Gasteiger partial charge in [0, 0.05) is 5.56 Å². The van der Waals surface area contributed by atoms with Crippen molar-refractivity contribution in [1.29, 1.82) is 0 Å². The summed E-state index contributed by atoms with van der Waals surface area (Å²) in [5.41, 5.74) is 7.09. The van der Waals surface area contributed by atoms with Crippen molar-refractivity contribution < 1.29 is 18.0 Å². The van der Waals surface area contributed by atoms with Gasteiger partial charge in [-0.15, -0.1) is 0 Å². The molecule has 158 valence electrons. The van der Waals surface area contributed by atoms with Gasteiger partial charge < -0.3 is 10.7 Å². The number of hydrogen-bond donors (Lipinski definition) is 2. The van der Waals surface area contributed by atoms with Gasteiger partial charge in [0.25, 0.3) is 5.91 Å². The third kappa shape index (κ3) is 3.81. The van der Waals surface area contributed by atoms with E-state index in [4.69, 9.17) is 18.0 Å². The van der Waals surface area contributed by atoms with Gasteiger partial charge in [0.15, 0.2) is 21.9 Å². The zero-order valence-corrected chi connectivity index (χ0v) is 17.2. The van der Waals surface area contributed by atoms with Crippen LogP contribution in [0.2, 0.25) is 0 Å². The number of imidazole rings is 1. The van der Waals surface area contributed by atoms with Crippen LogP contribution >= 0.6 is 12.2 Å². The number of aromatic nitrogens is 4. The topological polar surface area (TPSA) is 89.6 Å². The molecule has 4 rings (SSSR count). The van der Waals surface area contributed by atoms with Crippen molar-refractivity contribution in [2.75, 3.05) is 0 Å². The van der Waals surface area contributed by atoms with Crippen LogP contribution in [0.5, 0.6) is 0 Å². The maximum Gasteiger partial charge on any atom is 0.416 e. The van der Waals surface area contributed by atoms with Crippen LogP contribution < -0.4 is 5.73 Å². The molecule has 10 heteroatoms. The first-order valence-electron chi connectivity index (χ1n) is 9.13. The van der Waals surface area contributed by atoms with Crippen molar-refractivity contribution in [3.8, 4) is 17.1 Å². The second-order valence-electron chi connectivity index (χ2n) is 7.15. The summed E-state index contributed by atoms with van der Waals surface area (Å²) in [6.45, 7) is 3.47. The lowest BCUT2D eigenvalue weighted by Gasteiger charge is -2.12. The first kappa shape index (κ1) is 20.7. The highest BCUT2D eigenvalue weighted by Crippen LogP contribution is 2.32. The fourth-order valence-corrected chi connectivity index (χ4v) is 3.58. The molecular formula is C21H16F3N5OS. The Kier molecular flexibility index (Phi) is 4.89. The molecular weight excluding hydrogens is 427 g/mol. The number of primary amides is 1. The number of benzene rings is 2. The molecule has 3 N–H and O–H groups in total. The molecule has 4 aromatic rings. The highest BCUT2D eigenvalue weighted by atomic mass is 32.1. The molecule has 0 aliphatic carbocycles. The lowest BCUT2D eigenvalue weighted by atomic mass is 10.1. The van der Waals surface area contributed by atoms with Crippen molar-refractivity contribution in [3.05, 3.63) is 69.6 Å². The standard InChI is InChI=1S/C21H16F3N5OS/c1-10-3-5-12(6-4-10)18-26-15(17(25)30)16-19(28-18)29(20(31)27-16)14-8-11(2)7-13(9-14)21(22,23)24/h3-9H,1-2H3,(H2,25,30)(H,27,31). The second kappa shape index (κ2) is 7.31. The number of nitrogens with zero attached hydrogens (tertiary/aromatic N) is 3. The Bertz CT molecular complexity index is 1390. The summed E-state index contributed by atoms with van der Waals surface area (Å²) in [5.74, 6) is -0.614. The Morgan fingerprint density at radius 3 is 2.35 bits per heavy atom. The van der Waals surface area contributed by atoms with Gasteiger partial charge in [-0.1, -0.05) is 29.8 Å². The average Bonchev–Trinajstić information content (AvgIpc) is 3.02. The Balaban J connectivity index is 2.05. The van der Waals surface area contributed by atoms with Crippen molar-refractivity contribution in [1.82, 2.24) is 19.5 Å². The number of carbonyl (C=O) groups excluding carboxylic acids is 1. The minimum atomic E-state index is -4.53. The van der Waals surface area contributed by atoms with E-state index in [9.17, 15) is 18.0 Å². The minimum absolute atomic E-state index is 0.0616. The maximum atomic E-state index is 13.4. The van der Waals surface area contributed by atoms with Crippen molar-refractivity contribution in [2.24, 2.45) is 5.73 Å². The van der Waals surface area contributed by atoms with E-state index in [2.05, 4.69) is 15.0 Å². The van der Waals surface area contributed by atoms with E-state index in [1.165, 1.54) is 4.57 Å². The third-order valence-corrected chi connectivity index (χ3v) is 5.01. The summed E-state index contributed by atoms with van der Waals surface area (Å²) in [7, 11) is 0. The predicted octanol–water partition coefficient (Wildman–Crippen LogP) is 4.88. The molecule has 2 aromatic heterocycles. The Labute approximate surface area is 179 Å². The average molecular weight is 443 g/mol. The zero-order valence-electron chi connectivity index (χ0n) is 16.4. The van der Waals surface area contributed by atoms with Gasteiger partial charge in [0.05, 0.1) is 11.3 Å². The molecule has 2 aromatic carbocycles. The van der Waals surface area contributed by atoms with E-state index in [-0.39, 0.29) is 33.1 Å². The number of alkyl halides is 3. The normalized spacial score (nSPS) is 11.8. The van der Waals surface area contributed by atoms with Crippen LogP contribution in [0.25, 0.3) is 28.2 Å². The fraction of sp³-hybridized carbons (Fsp3) is 0.143. The molecule has 0 fully saturated rings. The number of nitrogens with one attached hydrogen (secondary N) is 1. The van der Waals surface area contributed by atoms with Gasteiger partial charge in [0.2, 0.25) is 0 Å². The van der Waals surface area contributed by atoms with Gasteiger partial charge in [-0.3, -0.25) is 9.36 Å². The minimum Gasteiger partial charge on any atom is -0.364 e. The number of carbonyl (C=O) groups is 1. The van der Waals surface area contributed by atoms with Crippen molar-refractivity contribution in [3.63, 3.8) is 0 Å². The third-order valence-electron chi connectivity index (χ3n) is 4.73. The fourth-order valence-electron chi connectivity index (χ4n) is 3.29. The summed E-state index contributed by atoms with van der Waals surface area (Å²) in [6, 6.07) is 10.8. The number of halogens is 3. The second-order valence-corrected chi connectivity index (χ2v) is 7.53. The van der Waals surface area contributed by atoms with E-state index in [1.54, 1.807) is 25.1 Å². The molecule has 0 bridgehead atoms. The first-order chi connectivity index (χ1) is 14.5. The molecule has 6 nitrogen and oxygen atoms in total. The quantitative estimate of drug-likeness (QED) is 0.442. The van der Waals surface area contributed by atoms with Crippen LogP contribution in [0.4, 0.5) is 13.2 Å². The summed E-state index contributed by atoms with van der Waals surface area (Å²) in [4.78, 5) is 23.6.